The van der Waals surface area contributed by atoms with Crippen LogP contribution in [0, 0.1) is 0 Å². The van der Waals surface area contributed by atoms with Crippen molar-refractivity contribution in [3.8, 4) is 5.75 Å². The Hall–Kier alpha value is -2.58. The third kappa shape index (κ3) is 2.59. The third-order valence-electron chi connectivity index (χ3n) is 3.95. The maximum absolute atomic E-state index is 13.1. The van der Waals surface area contributed by atoms with Gasteiger partial charge < -0.3 is 4.74 Å². The molecule has 2 N–H and O–H groups in total. The van der Waals surface area contributed by atoms with Gasteiger partial charge in [0.15, 0.2) is 0 Å². The number of ether oxygens (including phenoxy) is 1. The van der Waals surface area contributed by atoms with E-state index in [2.05, 4.69) is 0 Å². The molecule has 1 aliphatic rings. The Labute approximate surface area is 139 Å². The van der Waals surface area contributed by atoms with Gasteiger partial charge in [0.2, 0.25) is 0 Å². The van der Waals surface area contributed by atoms with Crippen LogP contribution < -0.4 is 14.5 Å². The largest absolute Gasteiger partial charge is 0.497 e. The van der Waals surface area contributed by atoms with E-state index in [4.69, 9.17) is 9.94 Å². The van der Waals surface area contributed by atoms with Gasteiger partial charge in [-0.2, -0.15) is 0 Å². The summed E-state index contributed by atoms with van der Waals surface area (Å²) in [5.74, 6) is -0.247. The fourth-order valence-electron chi connectivity index (χ4n) is 2.79. The van der Waals surface area contributed by atoms with Crippen LogP contribution in [0.2, 0.25) is 0 Å². The van der Waals surface area contributed by atoms with Crippen molar-refractivity contribution < 1.29 is 23.2 Å². The van der Waals surface area contributed by atoms with E-state index < -0.39 is 22.0 Å². The summed E-state index contributed by atoms with van der Waals surface area (Å²) in [5, 5.41) is 8.96. The zero-order valence-electron chi connectivity index (χ0n) is 12.8. The minimum Gasteiger partial charge on any atom is -0.497 e. The average molecular weight is 348 g/mol. The number of benzene rings is 2. The van der Waals surface area contributed by atoms with E-state index in [1.54, 1.807) is 29.7 Å². The summed E-state index contributed by atoms with van der Waals surface area (Å²) in [6.07, 6.45) is 0.192. The maximum Gasteiger partial charge on any atom is 0.267 e. The second-order valence-corrected chi connectivity index (χ2v) is 7.12. The van der Waals surface area contributed by atoms with Crippen molar-refractivity contribution in [2.75, 3.05) is 11.4 Å². The first-order chi connectivity index (χ1) is 11.5. The summed E-state index contributed by atoms with van der Waals surface area (Å²) in [6, 6.07) is 11.7. The van der Waals surface area contributed by atoms with E-state index in [-0.39, 0.29) is 11.3 Å². The first-order valence-corrected chi connectivity index (χ1v) is 8.63. The monoisotopic (exact) mass is 348 g/mol. The highest BCUT2D eigenvalue weighted by molar-refractivity contribution is 7.93. The predicted octanol–water partition coefficient (Wildman–Crippen LogP) is 1.32. The topological polar surface area (TPSA) is 95.9 Å². The van der Waals surface area contributed by atoms with Gasteiger partial charge in [0, 0.05) is 6.42 Å². The Bertz CT molecular complexity index is 864. The van der Waals surface area contributed by atoms with Crippen LogP contribution in [0.25, 0.3) is 0 Å². The van der Waals surface area contributed by atoms with Crippen LogP contribution in [0.1, 0.15) is 5.56 Å². The summed E-state index contributed by atoms with van der Waals surface area (Å²) < 4.78 is 32.2. The van der Waals surface area contributed by atoms with Gasteiger partial charge >= 0.3 is 0 Å². The number of hydrogen-bond donors (Lipinski definition) is 2. The zero-order chi connectivity index (χ0) is 17.3. The molecule has 0 saturated carbocycles. The van der Waals surface area contributed by atoms with E-state index in [1.165, 1.54) is 31.4 Å². The van der Waals surface area contributed by atoms with E-state index >= 15 is 0 Å². The minimum absolute atomic E-state index is 0.0377. The quantitative estimate of drug-likeness (QED) is 0.642. The highest BCUT2D eigenvalue weighted by Crippen LogP contribution is 2.37. The molecule has 0 saturated heterocycles. The predicted molar refractivity (Wildman–Crippen MR) is 86.5 cm³/mol. The molecule has 0 aliphatic carbocycles. The summed E-state index contributed by atoms with van der Waals surface area (Å²) in [5.41, 5.74) is 2.71. The summed E-state index contributed by atoms with van der Waals surface area (Å²) >= 11 is 0. The lowest BCUT2D eigenvalue weighted by Crippen LogP contribution is -2.47. The fraction of sp³-hybridized carbons (Fsp3) is 0.188. The summed E-state index contributed by atoms with van der Waals surface area (Å²) in [6.45, 7) is 0. The minimum atomic E-state index is -3.98. The Morgan fingerprint density at radius 3 is 2.50 bits per heavy atom. The molecule has 24 heavy (non-hydrogen) atoms. The van der Waals surface area contributed by atoms with E-state index in [0.29, 0.717) is 11.4 Å². The lowest BCUT2D eigenvalue weighted by Gasteiger charge is -2.25. The smallest absolute Gasteiger partial charge is 0.267 e. The number of nitrogens with zero attached hydrogens (tertiary/aromatic N) is 1. The van der Waals surface area contributed by atoms with Crippen LogP contribution in [0.5, 0.6) is 5.75 Å². The van der Waals surface area contributed by atoms with Gasteiger partial charge in [0.25, 0.3) is 15.9 Å². The van der Waals surface area contributed by atoms with Crippen molar-refractivity contribution in [1.29, 1.82) is 0 Å². The van der Waals surface area contributed by atoms with E-state index in [0.717, 1.165) is 9.87 Å². The molecule has 1 heterocycles. The molecule has 0 aromatic heterocycles. The highest BCUT2D eigenvalue weighted by atomic mass is 32.2. The molecule has 1 amide bonds. The van der Waals surface area contributed by atoms with Crippen molar-refractivity contribution in [3.63, 3.8) is 0 Å². The molecule has 3 rings (SSSR count). The van der Waals surface area contributed by atoms with E-state index in [1.807, 2.05) is 0 Å². The number of sulfonamides is 1. The van der Waals surface area contributed by atoms with Crippen LogP contribution in [-0.4, -0.2) is 32.7 Å². The lowest BCUT2D eigenvalue weighted by molar-refractivity contribution is -0.130. The second-order valence-electron chi connectivity index (χ2n) is 5.30. The van der Waals surface area contributed by atoms with Gasteiger partial charge in [-0.3, -0.25) is 14.3 Å². The van der Waals surface area contributed by atoms with E-state index in [9.17, 15) is 13.2 Å². The molecule has 0 bridgehead atoms. The maximum atomic E-state index is 13.1. The third-order valence-corrected chi connectivity index (χ3v) is 5.79. The van der Waals surface area contributed by atoms with Crippen LogP contribution in [0.4, 0.5) is 5.69 Å². The number of hydrogen-bond acceptors (Lipinski definition) is 5. The molecule has 2 aromatic rings. The summed E-state index contributed by atoms with van der Waals surface area (Å²) in [4.78, 5) is 12.0. The number of fused-ring (bicyclic) bond motifs is 1. The number of carbonyl (C=O) groups excluding carboxylic acids is 1. The molecule has 8 heteroatoms. The highest BCUT2D eigenvalue weighted by Gasteiger charge is 2.42. The normalized spacial score (nSPS) is 16.6. The molecular formula is C16H16N2O5S. The van der Waals surface area contributed by atoms with Crippen LogP contribution in [0.3, 0.4) is 0 Å². The van der Waals surface area contributed by atoms with Crippen LogP contribution >= 0.6 is 0 Å². The Morgan fingerprint density at radius 1 is 1.21 bits per heavy atom. The molecular weight excluding hydrogens is 332 g/mol. The second kappa shape index (κ2) is 6.14. The van der Waals surface area contributed by atoms with Gasteiger partial charge in [0.05, 0.1) is 17.7 Å². The molecule has 2 aromatic carbocycles. The molecule has 0 unspecified atom stereocenters. The van der Waals surface area contributed by atoms with Crippen molar-refractivity contribution in [2.24, 2.45) is 0 Å². The number of amides is 1. The van der Waals surface area contributed by atoms with Gasteiger partial charge in [-0.25, -0.2) is 13.9 Å². The first-order valence-electron chi connectivity index (χ1n) is 7.19. The first kappa shape index (κ1) is 16.3. The molecule has 0 spiro atoms. The number of nitrogens with one attached hydrogen (secondary N) is 1. The SMILES string of the molecule is COc1ccc(S(=O)(=O)N2c3ccccc3C[C@@H]2C(=O)NO)cc1. The average Bonchev–Trinajstić information content (AvgIpc) is 3.01. The van der Waals surface area contributed by atoms with Crippen molar-refractivity contribution in [2.45, 2.75) is 17.4 Å². The molecule has 0 fully saturated rings. The number of rotatable bonds is 4. The van der Waals surface area contributed by atoms with Gasteiger partial charge in [0.1, 0.15) is 11.8 Å². The Balaban J connectivity index is 2.10. The number of methoxy groups -OCH3 is 1. The Morgan fingerprint density at radius 2 is 1.88 bits per heavy atom. The molecule has 0 radical (unpaired) electrons. The number of hydroxylamine groups is 1. The Kier molecular flexibility index (Phi) is 4.16. The number of anilines is 1. The standard InChI is InChI=1S/C16H16N2O5S/c1-23-12-6-8-13(9-7-12)24(21,22)18-14-5-3-2-4-11(14)10-15(18)16(19)17-20/h2-9,15,20H,10H2,1H3,(H,17,19)/t15-/m1/s1. The van der Waals surface area contributed by atoms with Crippen LogP contribution in [0.15, 0.2) is 53.4 Å². The fourth-order valence-corrected chi connectivity index (χ4v) is 4.44. The molecule has 7 nitrogen and oxygen atoms in total. The van der Waals surface area contributed by atoms with Gasteiger partial charge in [-0.15, -0.1) is 0 Å². The molecule has 126 valence electrons. The number of para-hydroxylation sites is 1. The number of carbonyl (C=O) groups is 1. The molecule has 1 atom stereocenters. The van der Waals surface area contributed by atoms with Crippen molar-refractivity contribution in [3.05, 3.63) is 54.1 Å². The zero-order valence-corrected chi connectivity index (χ0v) is 13.7. The van der Waals surface area contributed by atoms with Gasteiger partial charge in [-0.1, -0.05) is 18.2 Å². The van der Waals surface area contributed by atoms with Crippen LogP contribution in [-0.2, 0) is 21.2 Å². The lowest BCUT2D eigenvalue weighted by atomic mass is 10.1. The van der Waals surface area contributed by atoms with Crippen molar-refractivity contribution in [1.82, 2.24) is 5.48 Å². The van der Waals surface area contributed by atoms with Crippen molar-refractivity contribution >= 4 is 21.6 Å². The summed E-state index contributed by atoms with van der Waals surface area (Å²) in [7, 11) is -2.49. The van der Waals surface area contributed by atoms with Gasteiger partial charge in [-0.05, 0) is 35.9 Å². The molecule has 1 aliphatic heterocycles.